The minimum atomic E-state index is -0.574. The smallest absolute Gasteiger partial charge is 0.239 e. The minimum Gasteiger partial charge on any atom is -0.350 e. The number of likely N-dealkylation sites (N-methyl/N-ethyl adjacent to an activating group) is 1. The fourth-order valence-electron chi connectivity index (χ4n) is 1.69. The van der Waals surface area contributed by atoms with Crippen molar-refractivity contribution in [2.24, 2.45) is 0 Å². The van der Waals surface area contributed by atoms with Crippen LogP contribution in [0.25, 0.3) is 5.69 Å². The Morgan fingerprint density at radius 2 is 2.00 bits per heavy atom. The van der Waals surface area contributed by atoms with E-state index in [0.717, 1.165) is 11.3 Å². The average molecular weight is 272 g/mol. The van der Waals surface area contributed by atoms with Crippen LogP contribution in [0.2, 0.25) is 0 Å². The van der Waals surface area contributed by atoms with Gasteiger partial charge in [0.2, 0.25) is 5.91 Å². The number of nitrogens with one attached hydrogen (secondary N) is 2. The van der Waals surface area contributed by atoms with E-state index >= 15 is 0 Å². The molecule has 20 heavy (non-hydrogen) atoms. The van der Waals surface area contributed by atoms with E-state index in [2.05, 4.69) is 15.7 Å². The molecule has 0 radical (unpaired) electrons. The summed E-state index contributed by atoms with van der Waals surface area (Å²) in [5.74, 6) is -0.0348. The maximum Gasteiger partial charge on any atom is 0.239 e. The Labute approximate surface area is 119 Å². The maximum atomic E-state index is 11.9. The number of rotatable bonds is 5. The molecule has 0 aliphatic heterocycles. The summed E-state index contributed by atoms with van der Waals surface area (Å²) in [6.07, 6.45) is 3.68. The van der Waals surface area contributed by atoms with E-state index in [1.54, 1.807) is 17.9 Å². The number of nitrogens with zero attached hydrogens (tertiary/aromatic N) is 2. The Morgan fingerprint density at radius 3 is 2.65 bits per heavy atom. The second kappa shape index (κ2) is 5.88. The molecule has 2 N–H and O–H groups in total. The molecule has 0 fully saturated rings. The molecule has 0 spiro atoms. The summed E-state index contributed by atoms with van der Waals surface area (Å²) in [7, 11) is 1.77. The van der Waals surface area contributed by atoms with Crippen molar-refractivity contribution in [2.75, 3.05) is 7.05 Å². The van der Waals surface area contributed by atoms with Gasteiger partial charge in [-0.1, -0.05) is 18.2 Å². The molecule has 2 rings (SSSR count). The second-order valence-electron chi connectivity index (χ2n) is 5.19. The van der Waals surface area contributed by atoms with Gasteiger partial charge in [-0.15, -0.1) is 0 Å². The Kier molecular flexibility index (Phi) is 4.20. The van der Waals surface area contributed by atoms with Crippen LogP contribution in [-0.4, -0.2) is 28.3 Å². The summed E-state index contributed by atoms with van der Waals surface area (Å²) in [4.78, 5) is 11.9. The van der Waals surface area contributed by atoms with E-state index in [0.29, 0.717) is 6.54 Å². The first-order valence-corrected chi connectivity index (χ1v) is 6.59. The molecular formula is C15H20N4O. The van der Waals surface area contributed by atoms with Crippen molar-refractivity contribution in [2.45, 2.75) is 25.9 Å². The number of hydrogen-bond donors (Lipinski definition) is 2. The number of aromatic nitrogens is 2. The highest BCUT2D eigenvalue weighted by molar-refractivity contribution is 5.85. The topological polar surface area (TPSA) is 59.0 Å². The molecule has 0 unspecified atom stereocenters. The molecule has 1 aromatic carbocycles. The molecule has 5 heteroatoms. The van der Waals surface area contributed by atoms with E-state index in [1.807, 2.05) is 50.4 Å². The van der Waals surface area contributed by atoms with Crippen molar-refractivity contribution >= 4 is 5.91 Å². The van der Waals surface area contributed by atoms with Gasteiger partial charge in [-0.3, -0.25) is 4.79 Å². The summed E-state index contributed by atoms with van der Waals surface area (Å²) < 4.78 is 1.80. The summed E-state index contributed by atoms with van der Waals surface area (Å²) >= 11 is 0. The summed E-state index contributed by atoms with van der Waals surface area (Å²) in [5.41, 5.74) is 1.39. The Morgan fingerprint density at radius 1 is 1.30 bits per heavy atom. The van der Waals surface area contributed by atoms with E-state index in [1.165, 1.54) is 0 Å². The molecular weight excluding hydrogens is 252 g/mol. The standard InChI is InChI=1S/C15H20N4O/c1-15(2,16-3)14(20)17-9-12-10-18-19(11-12)13-7-5-4-6-8-13/h4-8,10-11,16H,9H2,1-3H3,(H,17,20). The van der Waals surface area contributed by atoms with Crippen LogP contribution in [-0.2, 0) is 11.3 Å². The number of para-hydroxylation sites is 1. The zero-order valence-corrected chi connectivity index (χ0v) is 12.1. The van der Waals surface area contributed by atoms with Crippen molar-refractivity contribution in [1.82, 2.24) is 20.4 Å². The van der Waals surface area contributed by atoms with E-state index in [9.17, 15) is 4.79 Å². The molecule has 2 aromatic rings. The summed E-state index contributed by atoms with van der Waals surface area (Å²) in [6.45, 7) is 4.15. The summed E-state index contributed by atoms with van der Waals surface area (Å²) in [5, 5.41) is 10.2. The van der Waals surface area contributed by atoms with Gasteiger partial charge in [-0.2, -0.15) is 5.10 Å². The maximum absolute atomic E-state index is 11.9. The fourth-order valence-corrected chi connectivity index (χ4v) is 1.69. The van der Waals surface area contributed by atoms with Crippen LogP contribution in [0.15, 0.2) is 42.7 Å². The monoisotopic (exact) mass is 272 g/mol. The molecule has 0 atom stereocenters. The number of carbonyl (C=O) groups excluding carboxylic acids is 1. The van der Waals surface area contributed by atoms with Gasteiger partial charge in [-0.05, 0) is 33.0 Å². The fraction of sp³-hybridized carbons (Fsp3) is 0.333. The molecule has 1 heterocycles. The first-order chi connectivity index (χ1) is 9.53. The van der Waals surface area contributed by atoms with Crippen LogP contribution in [0.1, 0.15) is 19.4 Å². The SMILES string of the molecule is CNC(C)(C)C(=O)NCc1cnn(-c2ccccc2)c1. The molecule has 0 saturated heterocycles. The predicted molar refractivity (Wildman–Crippen MR) is 78.5 cm³/mol. The average Bonchev–Trinajstić information content (AvgIpc) is 2.94. The van der Waals surface area contributed by atoms with Crippen LogP contribution < -0.4 is 10.6 Å². The highest BCUT2D eigenvalue weighted by atomic mass is 16.2. The van der Waals surface area contributed by atoms with Crippen molar-refractivity contribution < 1.29 is 4.79 Å². The van der Waals surface area contributed by atoms with Gasteiger partial charge in [0.25, 0.3) is 0 Å². The van der Waals surface area contributed by atoms with E-state index in [4.69, 9.17) is 0 Å². The van der Waals surface area contributed by atoms with Gasteiger partial charge in [-0.25, -0.2) is 4.68 Å². The van der Waals surface area contributed by atoms with E-state index in [-0.39, 0.29) is 5.91 Å². The lowest BCUT2D eigenvalue weighted by Gasteiger charge is -2.22. The lowest BCUT2D eigenvalue weighted by Crippen LogP contribution is -2.50. The first kappa shape index (κ1) is 14.3. The van der Waals surface area contributed by atoms with Gasteiger partial charge >= 0.3 is 0 Å². The largest absolute Gasteiger partial charge is 0.350 e. The number of hydrogen-bond acceptors (Lipinski definition) is 3. The third kappa shape index (κ3) is 3.24. The van der Waals surface area contributed by atoms with Crippen molar-refractivity contribution in [3.8, 4) is 5.69 Å². The van der Waals surface area contributed by atoms with Gasteiger partial charge in [0.1, 0.15) is 0 Å². The van der Waals surface area contributed by atoms with Gasteiger partial charge in [0.15, 0.2) is 0 Å². The molecule has 0 saturated carbocycles. The third-order valence-corrected chi connectivity index (χ3v) is 3.30. The summed E-state index contributed by atoms with van der Waals surface area (Å²) in [6, 6.07) is 9.87. The van der Waals surface area contributed by atoms with Gasteiger partial charge in [0.05, 0.1) is 17.4 Å². The van der Waals surface area contributed by atoms with E-state index < -0.39 is 5.54 Å². The van der Waals surface area contributed by atoms with Gasteiger partial charge in [0, 0.05) is 18.3 Å². The normalized spacial score (nSPS) is 11.3. The molecule has 106 valence electrons. The minimum absolute atomic E-state index is 0.0348. The highest BCUT2D eigenvalue weighted by Crippen LogP contribution is 2.08. The number of amides is 1. The van der Waals surface area contributed by atoms with Crippen molar-refractivity contribution in [1.29, 1.82) is 0 Å². The lowest BCUT2D eigenvalue weighted by atomic mass is 10.1. The van der Waals surface area contributed by atoms with Crippen LogP contribution in [0.5, 0.6) is 0 Å². The molecule has 5 nitrogen and oxygen atoms in total. The number of carbonyl (C=O) groups is 1. The predicted octanol–water partition coefficient (Wildman–Crippen LogP) is 1.49. The molecule has 0 aliphatic rings. The van der Waals surface area contributed by atoms with Gasteiger partial charge < -0.3 is 10.6 Å². The van der Waals surface area contributed by atoms with Crippen LogP contribution in [0.4, 0.5) is 0 Å². The molecule has 1 amide bonds. The zero-order chi connectivity index (χ0) is 14.6. The molecule has 0 bridgehead atoms. The number of benzene rings is 1. The second-order valence-corrected chi connectivity index (χ2v) is 5.19. The van der Waals surface area contributed by atoms with Crippen LogP contribution >= 0.6 is 0 Å². The first-order valence-electron chi connectivity index (χ1n) is 6.59. The zero-order valence-electron chi connectivity index (χ0n) is 12.1. The highest BCUT2D eigenvalue weighted by Gasteiger charge is 2.24. The Balaban J connectivity index is 1.99. The van der Waals surface area contributed by atoms with Crippen LogP contribution in [0.3, 0.4) is 0 Å². The van der Waals surface area contributed by atoms with Crippen molar-refractivity contribution in [3.63, 3.8) is 0 Å². The van der Waals surface area contributed by atoms with Crippen molar-refractivity contribution in [3.05, 3.63) is 48.3 Å². The van der Waals surface area contributed by atoms with Crippen LogP contribution in [0, 0.1) is 0 Å². The molecule has 0 aliphatic carbocycles. The Bertz CT molecular complexity index is 575. The molecule has 1 aromatic heterocycles. The lowest BCUT2D eigenvalue weighted by molar-refractivity contribution is -0.126. The Hall–Kier alpha value is -2.14. The third-order valence-electron chi connectivity index (χ3n) is 3.30. The quantitative estimate of drug-likeness (QED) is 0.867.